The first-order valence-corrected chi connectivity index (χ1v) is 5.26. The molecular weight excluding hydrogens is 160 g/mol. The van der Waals surface area contributed by atoms with Gasteiger partial charge in [0.05, 0.1) is 6.07 Å². The van der Waals surface area contributed by atoms with Crippen LogP contribution in [0.3, 0.4) is 0 Å². The number of hydrogen-bond acceptors (Lipinski definition) is 2. The van der Waals surface area contributed by atoms with Crippen molar-refractivity contribution in [3.63, 3.8) is 0 Å². The van der Waals surface area contributed by atoms with Gasteiger partial charge in [-0.25, -0.2) is 0 Å². The van der Waals surface area contributed by atoms with Crippen LogP contribution in [0.1, 0.15) is 33.6 Å². The van der Waals surface area contributed by atoms with E-state index in [9.17, 15) is 0 Å². The lowest BCUT2D eigenvalue weighted by atomic mass is 9.86. The van der Waals surface area contributed by atoms with Crippen molar-refractivity contribution in [2.75, 3.05) is 13.1 Å². The maximum atomic E-state index is 8.54. The molecule has 1 heterocycles. The van der Waals surface area contributed by atoms with E-state index in [1.165, 1.54) is 13.0 Å². The number of piperidine rings is 1. The smallest absolute Gasteiger partial charge is 0.0635 e. The average Bonchev–Trinajstić information content (AvgIpc) is 2.09. The lowest BCUT2D eigenvalue weighted by molar-refractivity contribution is 0.0820. The van der Waals surface area contributed by atoms with E-state index in [0.717, 1.165) is 18.4 Å². The summed E-state index contributed by atoms with van der Waals surface area (Å²) < 4.78 is 0. The summed E-state index contributed by atoms with van der Waals surface area (Å²) in [5.74, 6) is 1.58. The maximum absolute atomic E-state index is 8.54. The number of nitriles is 1. The highest BCUT2D eigenvalue weighted by atomic mass is 15.2. The number of likely N-dealkylation sites (tertiary alicyclic amines) is 1. The Morgan fingerprint density at radius 1 is 1.38 bits per heavy atom. The van der Waals surface area contributed by atoms with Gasteiger partial charge in [-0.15, -0.1) is 0 Å². The molecule has 1 rings (SSSR count). The van der Waals surface area contributed by atoms with Gasteiger partial charge in [-0.1, -0.05) is 13.8 Å². The van der Waals surface area contributed by atoms with Gasteiger partial charge in [-0.3, -0.25) is 4.90 Å². The first-order valence-electron chi connectivity index (χ1n) is 5.26. The van der Waals surface area contributed by atoms with E-state index in [4.69, 9.17) is 5.26 Å². The minimum atomic E-state index is 0.657. The second-order valence-corrected chi connectivity index (χ2v) is 4.46. The molecule has 0 bridgehead atoms. The minimum Gasteiger partial charge on any atom is -0.299 e. The third-order valence-electron chi connectivity index (χ3n) is 3.23. The molecule has 1 aliphatic rings. The van der Waals surface area contributed by atoms with Crippen LogP contribution in [0.25, 0.3) is 0 Å². The van der Waals surface area contributed by atoms with Gasteiger partial charge in [-0.05, 0) is 25.2 Å². The topological polar surface area (TPSA) is 27.0 Å². The summed E-state index contributed by atoms with van der Waals surface area (Å²) in [5.41, 5.74) is 0. The minimum absolute atomic E-state index is 0.657. The van der Waals surface area contributed by atoms with Crippen LogP contribution in [0, 0.1) is 23.2 Å². The Morgan fingerprint density at radius 3 is 2.69 bits per heavy atom. The highest BCUT2D eigenvalue weighted by molar-refractivity contribution is 4.84. The molecule has 2 heteroatoms. The monoisotopic (exact) mass is 180 g/mol. The van der Waals surface area contributed by atoms with E-state index in [2.05, 4.69) is 31.7 Å². The van der Waals surface area contributed by atoms with Crippen LogP contribution in [0.2, 0.25) is 0 Å². The largest absolute Gasteiger partial charge is 0.299 e. The van der Waals surface area contributed by atoms with Crippen LogP contribution < -0.4 is 0 Å². The van der Waals surface area contributed by atoms with Crippen LogP contribution in [0.4, 0.5) is 0 Å². The molecule has 2 nitrogen and oxygen atoms in total. The summed E-state index contributed by atoms with van der Waals surface area (Å²) >= 11 is 0. The fourth-order valence-electron chi connectivity index (χ4n) is 2.32. The molecule has 13 heavy (non-hydrogen) atoms. The first kappa shape index (κ1) is 10.5. The van der Waals surface area contributed by atoms with E-state index in [1.807, 2.05) is 0 Å². The van der Waals surface area contributed by atoms with E-state index < -0.39 is 0 Å². The van der Waals surface area contributed by atoms with Crippen molar-refractivity contribution < 1.29 is 0 Å². The van der Waals surface area contributed by atoms with Crippen LogP contribution >= 0.6 is 0 Å². The summed E-state index contributed by atoms with van der Waals surface area (Å²) in [6, 6.07) is 2.88. The van der Waals surface area contributed by atoms with Gasteiger partial charge in [0.1, 0.15) is 0 Å². The predicted octanol–water partition coefficient (Wildman–Crippen LogP) is 2.27. The molecule has 1 fully saturated rings. The third-order valence-corrected chi connectivity index (χ3v) is 3.23. The van der Waals surface area contributed by atoms with Gasteiger partial charge < -0.3 is 0 Å². The van der Waals surface area contributed by atoms with Crippen molar-refractivity contribution >= 4 is 0 Å². The van der Waals surface area contributed by atoms with Crippen LogP contribution in [0.5, 0.6) is 0 Å². The molecule has 0 radical (unpaired) electrons. The molecule has 0 amide bonds. The van der Waals surface area contributed by atoms with Crippen molar-refractivity contribution in [1.29, 1.82) is 5.26 Å². The lowest BCUT2D eigenvalue weighted by Gasteiger charge is -2.40. The molecule has 3 unspecified atom stereocenters. The molecule has 3 atom stereocenters. The van der Waals surface area contributed by atoms with Crippen molar-refractivity contribution in [3.8, 4) is 6.07 Å². The van der Waals surface area contributed by atoms with Gasteiger partial charge in [-0.2, -0.15) is 5.26 Å². The number of nitrogens with zero attached hydrogens (tertiary/aromatic N) is 2. The molecular formula is C11H20N2. The fourth-order valence-corrected chi connectivity index (χ4v) is 2.32. The van der Waals surface area contributed by atoms with Crippen molar-refractivity contribution in [3.05, 3.63) is 0 Å². The molecule has 74 valence electrons. The van der Waals surface area contributed by atoms with Gasteiger partial charge in [0.15, 0.2) is 0 Å². The molecule has 0 aliphatic carbocycles. The number of rotatable bonds is 2. The van der Waals surface area contributed by atoms with Crippen LogP contribution in [-0.4, -0.2) is 24.0 Å². The summed E-state index contributed by atoms with van der Waals surface area (Å²) in [6.07, 6.45) is 2.01. The van der Waals surface area contributed by atoms with E-state index in [1.54, 1.807) is 0 Å². The second-order valence-electron chi connectivity index (χ2n) is 4.46. The molecule has 0 aromatic heterocycles. The van der Waals surface area contributed by atoms with Crippen molar-refractivity contribution in [2.24, 2.45) is 11.8 Å². The zero-order valence-corrected chi connectivity index (χ0v) is 8.95. The van der Waals surface area contributed by atoms with E-state index in [0.29, 0.717) is 12.5 Å². The highest BCUT2D eigenvalue weighted by Crippen LogP contribution is 2.26. The molecule has 0 saturated carbocycles. The van der Waals surface area contributed by atoms with Crippen molar-refractivity contribution in [1.82, 2.24) is 4.90 Å². The SMILES string of the molecule is CC1CC(C)C(C)N(CCC#N)C1. The number of hydrogen-bond donors (Lipinski definition) is 0. The Balaban J connectivity index is 2.46. The summed E-state index contributed by atoms with van der Waals surface area (Å²) in [4.78, 5) is 2.46. The Bertz CT molecular complexity index is 195. The standard InChI is InChI=1S/C11H20N2/c1-9-7-10(2)11(3)13(8-9)6-4-5-12/h9-11H,4,6-8H2,1-3H3. The molecule has 0 aromatic carbocycles. The second kappa shape index (κ2) is 4.62. The molecule has 1 aliphatic heterocycles. The quantitative estimate of drug-likeness (QED) is 0.652. The van der Waals surface area contributed by atoms with Gasteiger partial charge in [0.2, 0.25) is 0 Å². The molecule has 0 spiro atoms. The first-order chi connectivity index (χ1) is 6.15. The third kappa shape index (κ3) is 2.70. The highest BCUT2D eigenvalue weighted by Gasteiger charge is 2.27. The Labute approximate surface area is 81.5 Å². The van der Waals surface area contributed by atoms with E-state index >= 15 is 0 Å². The average molecular weight is 180 g/mol. The van der Waals surface area contributed by atoms with Crippen molar-refractivity contribution in [2.45, 2.75) is 39.7 Å². The van der Waals surface area contributed by atoms with E-state index in [-0.39, 0.29) is 0 Å². The predicted molar refractivity (Wildman–Crippen MR) is 54.2 cm³/mol. The molecule has 1 saturated heterocycles. The fraction of sp³-hybridized carbons (Fsp3) is 0.909. The lowest BCUT2D eigenvalue weighted by Crippen LogP contribution is -2.45. The zero-order chi connectivity index (χ0) is 9.84. The maximum Gasteiger partial charge on any atom is 0.0635 e. The van der Waals surface area contributed by atoms with Gasteiger partial charge >= 0.3 is 0 Å². The Morgan fingerprint density at radius 2 is 2.08 bits per heavy atom. The summed E-state index contributed by atoms with van der Waals surface area (Å²) in [5, 5.41) is 8.54. The summed E-state index contributed by atoms with van der Waals surface area (Å²) in [7, 11) is 0. The normalized spacial score (nSPS) is 35.7. The zero-order valence-electron chi connectivity index (χ0n) is 8.95. The Kier molecular flexibility index (Phi) is 3.74. The van der Waals surface area contributed by atoms with Gasteiger partial charge in [0.25, 0.3) is 0 Å². The molecule has 0 N–H and O–H groups in total. The Hall–Kier alpha value is -0.550. The molecule has 0 aromatic rings. The van der Waals surface area contributed by atoms with Gasteiger partial charge in [0, 0.05) is 25.6 Å². The van der Waals surface area contributed by atoms with Crippen LogP contribution in [-0.2, 0) is 0 Å². The summed E-state index contributed by atoms with van der Waals surface area (Å²) in [6.45, 7) is 9.04. The van der Waals surface area contributed by atoms with Crippen LogP contribution in [0.15, 0.2) is 0 Å².